The van der Waals surface area contributed by atoms with Gasteiger partial charge in [-0.25, -0.2) is 14.2 Å². The lowest BCUT2D eigenvalue weighted by atomic mass is 10.1. The Kier molecular flexibility index (Phi) is 9.10. The second-order valence-electron chi connectivity index (χ2n) is 10.0. The zero-order valence-corrected chi connectivity index (χ0v) is 24.5. The Morgan fingerprint density at radius 2 is 1.70 bits per heavy atom. The molecule has 0 saturated carbocycles. The van der Waals surface area contributed by atoms with Crippen molar-refractivity contribution < 1.29 is 13.9 Å². The van der Waals surface area contributed by atoms with Crippen LogP contribution in [0.15, 0.2) is 24.3 Å². The standard InChI is InChI=1S/C27H38FIN6O2/c1-5-9-32-10-12-34(13-11-32)25-30-23(21-7-8-22(28)20(3)18-21)19-24(31-25)33-14-16-35(17-15-33)26(36)37-27(4,29)6-2/h7-8,18-19H,5-6,9-17H2,1-4H3. The average Bonchev–Trinajstić information content (AvgIpc) is 2.90. The Bertz CT molecular complexity index is 1080. The van der Waals surface area contributed by atoms with Gasteiger partial charge in [0.15, 0.2) is 3.61 Å². The highest BCUT2D eigenvalue weighted by atomic mass is 127. The fourth-order valence-electron chi connectivity index (χ4n) is 4.60. The number of carbonyl (C=O) groups is 1. The van der Waals surface area contributed by atoms with Gasteiger partial charge in [0.2, 0.25) is 5.95 Å². The third-order valence-electron chi connectivity index (χ3n) is 7.14. The lowest BCUT2D eigenvalue weighted by Gasteiger charge is -2.37. The van der Waals surface area contributed by atoms with Crippen LogP contribution in [0.2, 0.25) is 0 Å². The molecule has 0 N–H and O–H groups in total. The minimum Gasteiger partial charge on any atom is -0.432 e. The number of hydrogen-bond donors (Lipinski definition) is 0. The van der Waals surface area contributed by atoms with Gasteiger partial charge in [-0.1, -0.05) is 13.8 Å². The zero-order chi connectivity index (χ0) is 26.6. The van der Waals surface area contributed by atoms with Crippen molar-refractivity contribution in [1.29, 1.82) is 0 Å². The van der Waals surface area contributed by atoms with Crippen LogP contribution in [0.5, 0.6) is 0 Å². The lowest BCUT2D eigenvalue weighted by molar-refractivity contribution is 0.0590. The van der Waals surface area contributed by atoms with Gasteiger partial charge in [0.05, 0.1) is 5.69 Å². The number of carbonyl (C=O) groups excluding carboxylic acids is 1. The summed E-state index contributed by atoms with van der Waals surface area (Å²) in [4.78, 5) is 31.2. The Labute approximate surface area is 233 Å². The van der Waals surface area contributed by atoms with Gasteiger partial charge in [-0.15, -0.1) is 0 Å². The van der Waals surface area contributed by atoms with E-state index in [0.29, 0.717) is 37.7 Å². The Morgan fingerprint density at radius 3 is 2.32 bits per heavy atom. The summed E-state index contributed by atoms with van der Waals surface area (Å²) in [7, 11) is 0. The van der Waals surface area contributed by atoms with Crippen LogP contribution in [0.3, 0.4) is 0 Å². The number of benzene rings is 1. The third-order valence-corrected chi connectivity index (χ3v) is 8.13. The molecule has 0 aliphatic carbocycles. The summed E-state index contributed by atoms with van der Waals surface area (Å²) < 4.78 is 19.2. The summed E-state index contributed by atoms with van der Waals surface area (Å²) in [6, 6.07) is 7.10. The van der Waals surface area contributed by atoms with E-state index in [2.05, 4.69) is 44.2 Å². The SMILES string of the molecule is CCCN1CCN(c2nc(-c3ccc(F)c(C)c3)cc(N3CCN(C(=O)OC(C)(I)CC)CC3)n2)CC1. The number of amides is 1. The van der Waals surface area contributed by atoms with Crippen molar-refractivity contribution in [2.75, 3.05) is 68.7 Å². The molecule has 1 amide bonds. The maximum absolute atomic E-state index is 14.0. The molecule has 1 aromatic carbocycles. The van der Waals surface area contributed by atoms with Crippen LogP contribution >= 0.6 is 22.6 Å². The molecule has 2 fully saturated rings. The Morgan fingerprint density at radius 1 is 1.03 bits per heavy atom. The monoisotopic (exact) mass is 624 g/mol. The number of rotatable bonds is 7. The predicted molar refractivity (Wildman–Crippen MR) is 154 cm³/mol. The first-order valence-corrected chi connectivity index (χ1v) is 14.3. The van der Waals surface area contributed by atoms with Crippen molar-refractivity contribution >= 4 is 40.5 Å². The largest absolute Gasteiger partial charge is 0.432 e. The van der Waals surface area contributed by atoms with Gasteiger partial charge in [-0.05, 0) is 79.6 Å². The Balaban J connectivity index is 1.55. The van der Waals surface area contributed by atoms with Crippen LogP contribution in [-0.2, 0) is 4.74 Å². The first-order chi connectivity index (χ1) is 17.7. The second-order valence-corrected chi connectivity index (χ2v) is 12.3. The van der Waals surface area contributed by atoms with Crippen LogP contribution in [-0.4, -0.2) is 88.4 Å². The number of hydrogen-bond acceptors (Lipinski definition) is 7. The van der Waals surface area contributed by atoms with E-state index in [1.54, 1.807) is 17.9 Å². The van der Waals surface area contributed by atoms with Crippen molar-refractivity contribution in [3.05, 3.63) is 35.6 Å². The van der Waals surface area contributed by atoms with Crippen LogP contribution < -0.4 is 9.80 Å². The van der Waals surface area contributed by atoms with Gasteiger partial charge in [0.25, 0.3) is 0 Å². The van der Waals surface area contributed by atoms with Gasteiger partial charge >= 0.3 is 6.09 Å². The molecule has 0 radical (unpaired) electrons. The van der Waals surface area contributed by atoms with Crippen molar-refractivity contribution in [1.82, 2.24) is 19.8 Å². The van der Waals surface area contributed by atoms with Gasteiger partial charge in [0.1, 0.15) is 11.6 Å². The van der Waals surface area contributed by atoms with Crippen molar-refractivity contribution in [3.8, 4) is 11.3 Å². The van der Waals surface area contributed by atoms with Gasteiger partial charge in [0, 0.05) is 64.0 Å². The molecule has 37 heavy (non-hydrogen) atoms. The topological polar surface area (TPSA) is 65.0 Å². The highest BCUT2D eigenvalue weighted by molar-refractivity contribution is 14.1. The van der Waals surface area contributed by atoms with E-state index in [9.17, 15) is 9.18 Å². The summed E-state index contributed by atoms with van der Waals surface area (Å²) in [5.74, 6) is 1.31. The molecular formula is C27H38FIN6O2. The number of halogens is 2. The van der Waals surface area contributed by atoms with Gasteiger partial charge < -0.3 is 19.4 Å². The molecule has 1 aromatic heterocycles. The molecule has 1 atom stereocenters. The van der Waals surface area contributed by atoms with E-state index in [0.717, 1.165) is 62.6 Å². The number of aryl methyl sites for hydroxylation is 1. The van der Waals surface area contributed by atoms with Crippen LogP contribution in [0.4, 0.5) is 21.0 Å². The molecule has 8 nitrogen and oxygen atoms in total. The zero-order valence-electron chi connectivity index (χ0n) is 22.3. The van der Waals surface area contributed by atoms with Crippen LogP contribution in [0, 0.1) is 12.7 Å². The molecular weight excluding hydrogens is 586 g/mol. The van der Waals surface area contributed by atoms with E-state index in [-0.39, 0.29) is 11.9 Å². The molecule has 10 heteroatoms. The molecule has 4 rings (SSSR count). The molecule has 2 saturated heterocycles. The first kappa shape index (κ1) is 27.8. The summed E-state index contributed by atoms with van der Waals surface area (Å²) in [5, 5.41) is 0. The molecule has 2 aliphatic heterocycles. The highest BCUT2D eigenvalue weighted by Crippen LogP contribution is 2.29. The van der Waals surface area contributed by atoms with E-state index < -0.39 is 3.61 Å². The molecule has 3 heterocycles. The fraction of sp³-hybridized carbons (Fsp3) is 0.593. The van der Waals surface area contributed by atoms with E-state index >= 15 is 0 Å². The second kappa shape index (κ2) is 12.1. The van der Waals surface area contributed by atoms with Gasteiger partial charge in [-0.3, -0.25) is 4.90 Å². The molecule has 0 bridgehead atoms. The summed E-state index contributed by atoms with van der Waals surface area (Å²) >= 11 is 2.18. The maximum atomic E-state index is 14.0. The number of ether oxygens (including phenoxy) is 1. The number of anilines is 2. The number of alkyl halides is 1. The van der Waals surface area contributed by atoms with E-state index in [4.69, 9.17) is 14.7 Å². The summed E-state index contributed by atoms with van der Waals surface area (Å²) in [6.45, 7) is 15.2. The average molecular weight is 625 g/mol. The molecule has 0 spiro atoms. The number of nitrogens with zero attached hydrogens (tertiary/aromatic N) is 6. The first-order valence-electron chi connectivity index (χ1n) is 13.2. The molecule has 1 unspecified atom stereocenters. The van der Waals surface area contributed by atoms with Crippen LogP contribution in [0.1, 0.15) is 39.2 Å². The number of piperazine rings is 2. The fourth-order valence-corrected chi connectivity index (χ4v) is 4.79. The maximum Gasteiger partial charge on any atom is 0.411 e. The predicted octanol–water partition coefficient (Wildman–Crippen LogP) is 4.94. The van der Waals surface area contributed by atoms with E-state index in [1.165, 1.54) is 6.07 Å². The Hall–Kier alpha value is -2.21. The summed E-state index contributed by atoms with van der Waals surface area (Å²) in [5.41, 5.74) is 2.25. The van der Waals surface area contributed by atoms with E-state index in [1.807, 2.05) is 26.0 Å². The molecule has 2 aliphatic rings. The quantitative estimate of drug-likeness (QED) is 0.320. The minimum atomic E-state index is -0.503. The molecule has 2 aromatic rings. The molecule has 202 valence electrons. The van der Waals surface area contributed by atoms with Crippen molar-refractivity contribution in [2.24, 2.45) is 0 Å². The minimum absolute atomic E-state index is 0.223. The number of aromatic nitrogens is 2. The summed E-state index contributed by atoms with van der Waals surface area (Å²) in [6.07, 6.45) is 1.63. The van der Waals surface area contributed by atoms with Gasteiger partial charge in [-0.2, -0.15) is 4.98 Å². The normalized spacial score (nSPS) is 18.6. The smallest absolute Gasteiger partial charge is 0.411 e. The van der Waals surface area contributed by atoms with Crippen molar-refractivity contribution in [3.63, 3.8) is 0 Å². The third kappa shape index (κ3) is 7.01. The van der Waals surface area contributed by atoms with Crippen LogP contribution in [0.25, 0.3) is 11.3 Å². The van der Waals surface area contributed by atoms with Crippen molar-refractivity contribution in [2.45, 2.75) is 44.1 Å². The highest BCUT2D eigenvalue weighted by Gasteiger charge is 2.29. The lowest BCUT2D eigenvalue weighted by Crippen LogP contribution is -2.50.